The Morgan fingerprint density at radius 1 is 1.11 bits per heavy atom. The van der Waals surface area contributed by atoms with E-state index in [1.165, 1.54) is 50.9 Å². The maximum absolute atomic E-state index is 12.1. The van der Waals surface area contributed by atoms with Crippen LogP contribution in [0, 0.1) is 0 Å². The molecule has 1 amide bonds. The van der Waals surface area contributed by atoms with E-state index in [1.807, 2.05) is 26.8 Å². The summed E-state index contributed by atoms with van der Waals surface area (Å²) in [5.41, 5.74) is 8.34. The first-order valence-electron chi connectivity index (χ1n) is 10.5. The molecule has 6 nitrogen and oxygen atoms in total. The molecule has 0 aromatic heterocycles. The summed E-state index contributed by atoms with van der Waals surface area (Å²) in [6.45, 7) is 10.3. The van der Waals surface area contributed by atoms with Crippen molar-refractivity contribution < 1.29 is 9.53 Å². The summed E-state index contributed by atoms with van der Waals surface area (Å²) in [5.74, 6) is 0. The van der Waals surface area contributed by atoms with Crippen molar-refractivity contribution in [3.8, 4) is 0 Å². The van der Waals surface area contributed by atoms with E-state index < -0.39 is 11.7 Å². The third-order valence-electron chi connectivity index (χ3n) is 5.72. The monoisotopic (exact) mass is 376 g/mol. The lowest BCUT2D eigenvalue weighted by Gasteiger charge is -2.42. The zero-order chi connectivity index (χ0) is 19.4. The number of alkyl carbamates (subject to hydrolysis) is 1. The number of piperidine rings is 2. The number of hydrogen-bond acceptors (Lipinski definition) is 5. The first-order valence-corrected chi connectivity index (χ1v) is 10.5. The number of nitrogens with two attached hydrogens (primary N) is 1. The third-order valence-corrected chi connectivity index (χ3v) is 5.72. The predicted molar refractivity (Wildman–Crippen MR) is 108 cm³/mol. The molecule has 27 heavy (non-hydrogen) atoms. The fourth-order valence-corrected chi connectivity index (χ4v) is 4.31. The summed E-state index contributed by atoms with van der Waals surface area (Å²) in [5, 5.41) is 2.84. The Labute approximate surface area is 163 Å². The minimum atomic E-state index is -0.517. The van der Waals surface area contributed by atoms with Gasteiger partial charge in [0.15, 0.2) is 0 Å². The van der Waals surface area contributed by atoms with E-state index in [1.54, 1.807) is 0 Å². The second-order valence-electron chi connectivity index (χ2n) is 9.02. The van der Waals surface area contributed by atoms with Gasteiger partial charge in [0.05, 0.1) is 5.70 Å². The Balaban J connectivity index is 1.56. The van der Waals surface area contributed by atoms with Gasteiger partial charge in [-0.3, -0.25) is 5.32 Å². The molecule has 3 N–H and O–H groups in total. The lowest BCUT2D eigenvalue weighted by Crippen LogP contribution is -2.46. The average molecular weight is 377 g/mol. The average Bonchev–Trinajstić information content (AvgIpc) is 2.63. The molecular weight excluding hydrogens is 340 g/mol. The van der Waals surface area contributed by atoms with Gasteiger partial charge in [-0.2, -0.15) is 0 Å². The predicted octanol–water partition coefficient (Wildman–Crippen LogP) is 3.31. The van der Waals surface area contributed by atoms with Crippen LogP contribution in [-0.4, -0.2) is 53.7 Å². The number of rotatable bonds is 3. The molecule has 0 unspecified atom stereocenters. The molecule has 152 valence electrons. The van der Waals surface area contributed by atoms with Gasteiger partial charge in [0.1, 0.15) is 5.60 Å². The number of likely N-dealkylation sites (tertiary alicyclic amines) is 2. The van der Waals surface area contributed by atoms with Gasteiger partial charge in [0, 0.05) is 30.5 Å². The van der Waals surface area contributed by atoms with Crippen LogP contribution in [0.3, 0.4) is 0 Å². The Morgan fingerprint density at radius 2 is 1.78 bits per heavy atom. The van der Waals surface area contributed by atoms with Crippen molar-refractivity contribution in [1.29, 1.82) is 0 Å². The summed E-state index contributed by atoms with van der Waals surface area (Å²) >= 11 is 0. The molecule has 0 atom stereocenters. The zero-order valence-electron chi connectivity index (χ0n) is 17.2. The molecule has 2 heterocycles. The quantitative estimate of drug-likeness (QED) is 0.791. The van der Waals surface area contributed by atoms with Crippen LogP contribution in [0.1, 0.15) is 65.7 Å². The van der Waals surface area contributed by atoms with Crippen molar-refractivity contribution in [2.75, 3.05) is 26.2 Å². The number of allylic oxidation sites excluding steroid dienone is 3. The van der Waals surface area contributed by atoms with Crippen LogP contribution in [-0.2, 0) is 4.74 Å². The van der Waals surface area contributed by atoms with E-state index in [0.29, 0.717) is 5.70 Å². The van der Waals surface area contributed by atoms with Gasteiger partial charge in [-0.25, -0.2) is 4.79 Å². The van der Waals surface area contributed by atoms with Crippen LogP contribution in [0.25, 0.3) is 0 Å². The maximum atomic E-state index is 12.1. The highest BCUT2D eigenvalue weighted by Crippen LogP contribution is 2.28. The van der Waals surface area contributed by atoms with Gasteiger partial charge >= 0.3 is 6.09 Å². The minimum absolute atomic E-state index is 0.443. The zero-order valence-corrected chi connectivity index (χ0v) is 17.2. The van der Waals surface area contributed by atoms with E-state index in [4.69, 9.17) is 10.5 Å². The molecule has 1 aliphatic carbocycles. The molecular formula is C21H36N4O2. The Bertz CT molecular complexity index is 592. The van der Waals surface area contributed by atoms with E-state index in [-0.39, 0.29) is 0 Å². The van der Waals surface area contributed by atoms with Gasteiger partial charge < -0.3 is 20.3 Å². The van der Waals surface area contributed by atoms with E-state index in [2.05, 4.69) is 15.1 Å². The van der Waals surface area contributed by atoms with Crippen molar-refractivity contribution in [1.82, 2.24) is 15.1 Å². The molecule has 0 saturated carbocycles. The van der Waals surface area contributed by atoms with Crippen molar-refractivity contribution >= 4 is 6.09 Å². The molecule has 0 bridgehead atoms. The molecule has 2 aliphatic heterocycles. The second-order valence-corrected chi connectivity index (χ2v) is 9.02. The Kier molecular flexibility index (Phi) is 6.35. The van der Waals surface area contributed by atoms with E-state index >= 15 is 0 Å². The van der Waals surface area contributed by atoms with Gasteiger partial charge in [0.25, 0.3) is 0 Å². The lowest BCUT2D eigenvalue weighted by atomic mass is 9.97. The highest BCUT2D eigenvalue weighted by atomic mass is 16.6. The highest BCUT2D eigenvalue weighted by Gasteiger charge is 2.27. The van der Waals surface area contributed by atoms with Crippen LogP contribution < -0.4 is 11.1 Å². The normalized spacial score (nSPS) is 23.2. The second kappa shape index (κ2) is 8.55. The number of ether oxygens (including phenoxy) is 1. The lowest BCUT2D eigenvalue weighted by molar-refractivity contribution is 0.0546. The Hall–Kier alpha value is -1.69. The topological polar surface area (TPSA) is 70.8 Å². The number of amides is 1. The van der Waals surface area contributed by atoms with E-state index in [9.17, 15) is 4.79 Å². The minimum Gasteiger partial charge on any atom is -0.444 e. The number of nitrogens with one attached hydrogen (secondary N) is 1. The van der Waals surface area contributed by atoms with Crippen molar-refractivity contribution in [3.05, 3.63) is 23.2 Å². The summed E-state index contributed by atoms with van der Waals surface area (Å²) in [6, 6.07) is 0.741. The van der Waals surface area contributed by atoms with Crippen LogP contribution in [0.4, 0.5) is 4.79 Å². The molecule has 2 saturated heterocycles. The summed E-state index contributed by atoms with van der Waals surface area (Å²) in [7, 11) is 0. The molecule has 0 aromatic rings. The van der Waals surface area contributed by atoms with Gasteiger partial charge in [-0.05, 0) is 78.5 Å². The molecule has 0 aromatic carbocycles. The third kappa shape index (κ3) is 5.64. The molecule has 6 heteroatoms. The molecule has 0 spiro atoms. The molecule has 3 rings (SSSR count). The standard InChI is InChI=1S/C21H36N4O2/c1-21(2,3)27-20(26)23-19-15-17(7-8-18(19)22)25-13-9-16(10-14-25)24-11-5-4-6-12-24/h15-16H,4-14,22H2,1-3H3,(H,23,26). The number of carbonyl (C=O) groups excluding carboxylic acids is 1. The molecule has 2 fully saturated rings. The first-order chi connectivity index (χ1) is 12.8. The summed E-state index contributed by atoms with van der Waals surface area (Å²) < 4.78 is 5.36. The smallest absolute Gasteiger partial charge is 0.412 e. The summed E-state index contributed by atoms with van der Waals surface area (Å²) in [4.78, 5) is 17.3. The van der Waals surface area contributed by atoms with Crippen molar-refractivity contribution in [2.45, 2.75) is 77.4 Å². The van der Waals surface area contributed by atoms with Crippen LogP contribution >= 0.6 is 0 Å². The highest BCUT2D eigenvalue weighted by molar-refractivity contribution is 5.71. The number of hydrogen-bond donors (Lipinski definition) is 2. The van der Waals surface area contributed by atoms with Gasteiger partial charge in [0.2, 0.25) is 0 Å². The van der Waals surface area contributed by atoms with Gasteiger partial charge in [-0.15, -0.1) is 0 Å². The Morgan fingerprint density at radius 3 is 2.41 bits per heavy atom. The first kappa shape index (κ1) is 20.1. The molecule has 3 aliphatic rings. The van der Waals surface area contributed by atoms with Crippen LogP contribution in [0.2, 0.25) is 0 Å². The number of nitrogens with zero attached hydrogens (tertiary/aromatic N) is 2. The fourth-order valence-electron chi connectivity index (χ4n) is 4.31. The van der Waals surface area contributed by atoms with Gasteiger partial charge in [-0.1, -0.05) is 6.42 Å². The van der Waals surface area contributed by atoms with E-state index in [0.717, 1.165) is 37.7 Å². The number of carbonyl (C=O) groups is 1. The maximum Gasteiger partial charge on any atom is 0.412 e. The van der Waals surface area contributed by atoms with Crippen molar-refractivity contribution in [3.63, 3.8) is 0 Å². The summed E-state index contributed by atoms with van der Waals surface area (Å²) in [6.07, 6.45) is 9.89. The van der Waals surface area contributed by atoms with Crippen molar-refractivity contribution in [2.24, 2.45) is 5.73 Å². The largest absolute Gasteiger partial charge is 0.444 e. The molecule has 0 radical (unpaired) electrons. The fraction of sp³-hybridized carbons (Fsp3) is 0.762. The van der Waals surface area contributed by atoms with Crippen LogP contribution in [0.5, 0.6) is 0 Å². The SMILES string of the molecule is CC(C)(C)OC(=O)NC1=C(N)CCC(N2CCC(N3CCCCC3)CC2)=C1. The van der Waals surface area contributed by atoms with Crippen LogP contribution in [0.15, 0.2) is 23.2 Å².